The number of carboxylic acid groups (broad SMARTS) is 1. The van der Waals surface area contributed by atoms with Gasteiger partial charge >= 0.3 is 5.97 Å². The van der Waals surface area contributed by atoms with Crippen molar-refractivity contribution in [2.75, 3.05) is 0 Å². The molecule has 0 aliphatic carbocycles. The first-order valence-electron chi connectivity index (χ1n) is 5.99. The van der Waals surface area contributed by atoms with E-state index in [1.165, 1.54) is 44.9 Å². The Hall–Kier alpha value is -0.313. The van der Waals surface area contributed by atoms with Crippen LogP contribution in [-0.2, 0) is 4.79 Å². The molecule has 0 unspecified atom stereocenters. The van der Waals surface area contributed by atoms with Crippen LogP contribution in [0, 0.1) is 0 Å². The summed E-state index contributed by atoms with van der Waals surface area (Å²) in [5, 5.41) is 8.41. The Bertz CT molecular complexity index is 138. The highest BCUT2D eigenvalue weighted by molar-refractivity contribution is 5.75. The van der Waals surface area contributed by atoms with Crippen LogP contribution >= 0.6 is 0 Å². The van der Waals surface area contributed by atoms with Gasteiger partial charge in [0.1, 0.15) is 0 Å². The maximum Gasteiger partial charge on any atom is 0.303 e. The van der Waals surface area contributed by atoms with Crippen molar-refractivity contribution in [3.63, 3.8) is 0 Å². The molecule has 0 saturated heterocycles. The number of rotatable bonds is 10. The Labute approximate surface area is 98.5 Å². The van der Waals surface area contributed by atoms with Gasteiger partial charge in [0.15, 0.2) is 0 Å². The predicted octanol–water partition coefficient (Wildman–Crippen LogP) is 2.54. The van der Waals surface area contributed by atoms with Gasteiger partial charge in [0.05, 0.1) is 0 Å². The van der Waals surface area contributed by atoms with Crippen LogP contribution in [0.1, 0.15) is 71.1 Å². The summed E-state index contributed by atoms with van der Waals surface area (Å²) in [7, 11) is 0. The van der Waals surface area contributed by atoms with E-state index in [1.54, 1.807) is 0 Å². The van der Waals surface area contributed by atoms with Crippen molar-refractivity contribution in [2.45, 2.75) is 71.1 Å². The van der Waals surface area contributed by atoms with Crippen LogP contribution in [0.2, 0.25) is 0 Å². The Morgan fingerprint density at radius 1 is 0.867 bits per heavy atom. The van der Waals surface area contributed by atoms with Crippen LogP contribution < -0.4 is 0 Å². The van der Waals surface area contributed by atoms with E-state index in [0.29, 0.717) is 6.42 Å². The molecule has 0 aromatic rings. The van der Waals surface area contributed by atoms with Crippen LogP contribution in [0.3, 0.4) is 0 Å². The summed E-state index contributed by atoms with van der Waals surface area (Å²) in [4.78, 5) is 10.2. The summed E-state index contributed by atoms with van der Waals surface area (Å²) in [6, 6.07) is 0. The van der Waals surface area contributed by atoms with Crippen molar-refractivity contribution in [3.8, 4) is 0 Å². The minimum absolute atomic E-state index is 0. The maximum absolute atomic E-state index is 10.2. The van der Waals surface area contributed by atoms with E-state index >= 15 is 0 Å². The average molecular weight is 232 g/mol. The molecule has 0 fully saturated rings. The van der Waals surface area contributed by atoms with Crippen molar-refractivity contribution in [3.05, 3.63) is 0 Å². The van der Waals surface area contributed by atoms with Gasteiger partial charge in [0.25, 0.3) is 0 Å². The molecule has 2 nitrogen and oxygen atoms in total. The fourth-order valence-corrected chi connectivity index (χ4v) is 1.59. The molecule has 3 heteroatoms. The van der Waals surface area contributed by atoms with E-state index in [0.717, 1.165) is 12.8 Å². The zero-order valence-electron chi connectivity index (χ0n) is 9.43. The molecular weight excluding hydrogens is 204 g/mol. The van der Waals surface area contributed by atoms with Crippen LogP contribution in [0.15, 0.2) is 0 Å². The SMILES string of the molecule is CCCCCCCCCCCC(=O)O.[SiH4]. The summed E-state index contributed by atoms with van der Waals surface area (Å²) < 4.78 is 0. The van der Waals surface area contributed by atoms with Crippen molar-refractivity contribution in [1.29, 1.82) is 0 Å². The number of aliphatic carboxylic acids is 1. The summed E-state index contributed by atoms with van der Waals surface area (Å²) in [6.45, 7) is 2.23. The second kappa shape index (κ2) is 13.7. The van der Waals surface area contributed by atoms with Gasteiger partial charge in [-0.25, -0.2) is 0 Å². The first-order chi connectivity index (χ1) is 6.77. The minimum atomic E-state index is -0.659. The Morgan fingerprint density at radius 3 is 1.67 bits per heavy atom. The standard InChI is InChI=1S/C12H24O2.H4Si/c1-2-3-4-5-6-7-8-9-10-11-12(13)14;/h2-11H2,1H3,(H,13,14);1H4. The van der Waals surface area contributed by atoms with E-state index in [4.69, 9.17) is 5.11 Å². The fraction of sp³-hybridized carbons (Fsp3) is 0.917. The predicted molar refractivity (Wildman–Crippen MR) is 70.8 cm³/mol. The first-order valence-corrected chi connectivity index (χ1v) is 5.99. The quantitative estimate of drug-likeness (QED) is 0.464. The van der Waals surface area contributed by atoms with E-state index < -0.39 is 5.97 Å². The highest BCUT2D eigenvalue weighted by Gasteiger charge is 1.96. The number of hydrogen-bond donors (Lipinski definition) is 1. The van der Waals surface area contributed by atoms with Crippen LogP contribution in [0.25, 0.3) is 0 Å². The van der Waals surface area contributed by atoms with Gasteiger partial charge in [-0.2, -0.15) is 0 Å². The number of unbranched alkanes of at least 4 members (excludes halogenated alkanes) is 8. The Kier molecular flexibility index (Phi) is 15.6. The van der Waals surface area contributed by atoms with E-state index in [-0.39, 0.29) is 11.0 Å². The lowest BCUT2D eigenvalue weighted by Crippen LogP contribution is -1.93. The van der Waals surface area contributed by atoms with Crippen molar-refractivity contribution in [1.82, 2.24) is 0 Å². The van der Waals surface area contributed by atoms with Gasteiger partial charge in [-0.15, -0.1) is 0 Å². The van der Waals surface area contributed by atoms with Gasteiger partial charge < -0.3 is 5.11 Å². The van der Waals surface area contributed by atoms with Crippen molar-refractivity contribution in [2.24, 2.45) is 0 Å². The second-order valence-electron chi connectivity index (χ2n) is 3.97. The van der Waals surface area contributed by atoms with E-state index in [1.807, 2.05) is 0 Å². The third-order valence-electron chi connectivity index (χ3n) is 2.49. The van der Waals surface area contributed by atoms with E-state index in [9.17, 15) is 4.79 Å². The monoisotopic (exact) mass is 232 g/mol. The largest absolute Gasteiger partial charge is 0.481 e. The number of hydrogen-bond acceptors (Lipinski definition) is 1. The normalized spacial score (nSPS) is 9.67. The van der Waals surface area contributed by atoms with Crippen molar-refractivity contribution < 1.29 is 9.90 Å². The third-order valence-corrected chi connectivity index (χ3v) is 2.49. The Morgan fingerprint density at radius 2 is 1.27 bits per heavy atom. The molecule has 1 N–H and O–H groups in total. The summed E-state index contributed by atoms with van der Waals surface area (Å²) in [6.07, 6.45) is 11.5. The molecule has 0 aromatic heterocycles. The molecule has 0 amide bonds. The van der Waals surface area contributed by atoms with Gasteiger partial charge in [0.2, 0.25) is 0 Å². The molecule has 0 aliphatic rings. The molecule has 0 spiro atoms. The highest BCUT2D eigenvalue weighted by atomic mass is 28.1. The number of carbonyl (C=O) groups is 1. The zero-order valence-corrected chi connectivity index (χ0v) is 9.43. The van der Waals surface area contributed by atoms with Gasteiger partial charge in [-0.3, -0.25) is 4.79 Å². The van der Waals surface area contributed by atoms with Gasteiger partial charge in [-0.1, -0.05) is 58.3 Å². The highest BCUT2D eigenvalue weighted by Crippen LogP contribution is 2.10. The summed E-state index contributed by atoms with van der Waals surface area (Å²) >= 11 is 0. The van der Waals surface area contributed by atoms with Crippen LogP contribution in [-0.4, -0.2) is 22.0 Å². The Balaban J connectivity index is 0. The molecular formula is C12H28O2Si. The van der Waals surface area contributed by atoms with E-state index in [2.05, 4.69) is 6.92 Å². The average Bonchev–Trinajstić information content (AvgIpc) is 2.15. The molecule has 0 aliphatic heterocycles. The third kappa shape index (κ3) is 16.4. The molecule has 0 radical (unpaired) electrons. The lowest BCUT2D eigenvalue weighted by atomic mass is 10.1. The molecule has 0 aromatic carbocycles. The second-order valence-corrected chi connectivity index (χ2v) is 3.97. The molecule has 15 heavy (non-hydrogen) atoms. The molecule has 0 rings (SSSR count). The minimum Gasteiger partial charge on any atom is -0.481 e. The van der Waals surface area contributed by atoms with Gasteiger partial charge in [-0.05, 0) is 17.4 Å². The van der Waals surface area contributed by atoms with Crippen LogP contribution in [0.5, 0.6) is 0 Å². The van der Waals surface area contributed by atoms with Crippen LogP contribution in [0.4, 0.5) is 0 Å². The van der Waals surface area contributed by atoms with Gasteiger partial charge in [0, 0.05) is 6.42 Å². The van der Waals surface area contributed by atoms with Crippen molar-refractivity contribution >= 4 is 16.9 Å². The summed E-state index contributed by atoms with van der Waals surface area (Å²) in [5.41, 5.74) is 0. The topological polar surface area (TPSA) is 37.3 Å². The fourth-order valence-electron chi connectivity index (χ4n) is 1.59. The molecule has 92 valence electrons. The zero-order chi connectivity index (χ0) is 10.6. The molecule has 0 heterocycles. The lowest BCUT2D eigenvalue weighted by molar-refractivity contribution is -0.137. The lowest BCUT2D eigenvalue weighted by Gasteiger charge is -2.00. The molecule has 0 atom stereocenters. The number of carboxylic acids is 1. The molecule has 0 bridgehead atoms. The molecule has 0 saturated carbocycles. The maximum atomic E-state index is 10.2. The first kappa shape index (κ1) is 17.1. The summed E-state index contributed by atoms with van der Waals surface area (Å²) in [5.74, 6) is -0.659. The smallest absolute Gasteiger partial charge is 0.303 e.